The Morgan fingerprint density at radius 1 is 0.967 bits per heavy atom. The number of aliphatic carboxylic acids is 1. The Bertz CT molecular complexity index is 1020. The van der Waals surface area contributed by atoms with Crippen LogP contribution in [-0.2, 0) is 21.0 Å². The summed E-state index contributed by atoms with van der Waals surface area (Å²) in [5.74, 6) is -0.108. The Kier molecular flexibility index (Phi) is 4.84. The number of hydrogen-bond acceptors (Lipinski definition) is 2. The normalized spacial score (nSPS) is 20.6. The highest BCUT2D eigenvalue weighted by atomic mass is 16.5. The molecule has 0 unspecified atom stereocenters. The molecule has 3 heteroatoms. The van der Waals surface area contributed by atoms with Crippen molar-refractivity contribution in [1.29, 1.82) is 0 Å². The number of hydrogen-bond donors (Lipinski definition) is 1. The average Bonchev–Trinajstić information content (AvgIpc) is 3.51. The first-order valence-electron chi connectivity index (χ1n) is 10.8. The largest absolute Gasteiger partial charge is 0.496 e. The van der Waals surface area contributed by atoms with E-state index in [1.807, 2.05) is 18.2 Å². The zero-order valence-electron chi connectivity index (χ0n) is 18.7. The van der Waals surface area contributed by atoms with Gasteiger partial charge in [-0.3, -0.25) is 0 Å². The molecule has 2 aromatic rings. The van der Waals surface area contributed by atoms with Crippen molar-refractivity contribution >= 4 is 12.0 Å². The quantitative estimate of drug-likeness (QED) is 0.602. The summed E-state index contributed by atoms with van der Waals surface area (Å²) < 4.78 is 5.75. The van der Waals surface area contributed by atoms with Crippen LogP contribution in [0.2, 0.25) is 0 Å². The van der Waals surface area contributed by atoms with Crippen LogP contribution in [0.5, 0.6) is 5.75 Å². The second-order valence-corrected chi connectivity index (χ2v) is 10.2. The molecule has 0 aliphatic heterocycles. The van der Waals surface area contributed by atoms with Crippen molar-refractivity contribution in [3.8, 4) is 5.75 Å². The minimum Gasteiger partial charge on any atom is -0.496 e. The van der Waals surface area contributed by atoms with Crippen LogP contribution >= 0.6 is 0 Å². The summed E-state index contributed by atoms with van der Waals surface area (Å²) in [4.78, 5) is 11.1. The molecule has 2 aliphatic rings. The fraction of sp³-hybridized carbons (Fsp3) is 0.444. The highest BCUT2D eigenvalue weighted by Gasteiger charge is 2.49. The maximum atomic E-state index is 11.1. The third-order valence-corrected chi connectivity index (χ3v) is 7.32. The molecule has 2 aromatic carbocycles. The van der Waals surface area contributed by atoms with Crippen LogP contribution in [0.3, 0.4) is 0 Å². The molecule has 0 saturated heterocycles. The number of methoxy groups -OCH3 is 1. The van der Waals surface area contributed by atoms with Crippen LogP contribution in [0.4, 0.5) is 0 Å². The smallest absolute Gasteiger partial charge is 0.328 e. The first kappa shape index (κ1) is 20.7. The van der Waals surface area contributed by atoms with Crippen molar-refractivity contribution in [2.45, 2.75) is 69.6 Å². The maximum absolute atomic E-state index is 11.1. The van der Waals surface area contributed by atoms with Gasteiger partial charge in [-0.15, -0.1) is 0 Å². The lowest BCUT2D eigenvalue weighted by molar-refractivity contribution is -0.131. The number of carbonyl (C=O) groups is 1. The van der Waals surface area contributed by atoms with E-state index in [4.69, 9.17) is 9.84 Å². The van der Waals surface area contributed by atoms with Gasteiger partial charge in [0.2, 0.25) is 0 Å². The second kappa shape index (κ2) is 7.01. The molecule has 1 saturated carbocycles. The van der Waals surface area contributed by atoms with E-state index in [1.165, 1.54) is 35.6 Å². The van der Waals surface area contributed by atoms with Crippen molar-refractivity contribution < 1.29 is 14.6 Å². The molecule has 1 fully saturated rings. The highest BCUT2D eigenvalue weighted by molar-refractivity contribution is 5.86. The number of benzene rings is 2. The lowest BCUT2D eigenvalue weighted by atomic mass is 9.62. The Balaban J connectivity index is 1.88. The number of rotatable bonds is 5. The maximum Gasteiger partial charge on any atom is 0.328 e. The molecule has 3 nitrogen and oxygen atoms in total. The standard InChI is InChI=1S/C27H32O3/c1-25(2)13-14-26(3,4)21-17-19(10-11-20(21)25)27(15-16-27)24-18(9-12-23(28)29)7-6-8-22(24)30-5/h6-12,17H,13-16H2,1-5H3,(H,28,29)/b12-9+. The van der Waals surface area contributed by atoms with Gasteiger partial charge in [-0.1, -0.05) is 58.0 Å². The van der Waals surface area contributed by atoms with Crippen molar-refractivity contribution in [2.24, 2.45) is 0 Å². The molecular weight excluding hydrogens is 372 g/mol. The lowest BCUT2D eigenvalue weighted by Crippen LogP contribution is -2.34. The molecule has 4 rings (SSSR count). The number of fused-ring (bicyclic) bond motifs is 1. The topological polar surface area (TPSA) is 46.5 Å². The summed E-state index contributed by atoms with van der Waals surface area (Å²) in [5, 5.41) is 9.15. The molecule has 0 spiro atoms. The molecular formula is C27H32O3. The van der Waals surface area contributed by atoms with Crippen molar-refractivity contribution in [3.05, 3.63) is 70.3 Å². The first-order valence-corrected chi connectivity index (χ1v) is 10.8. The molecule has 0 bridgehead atoms. The summed E-state index contributed by atoms with van der Waals surface area (Å²) in [7, 11) is 1.69. The fourth-order valence-electron chi connectivity index (χ4n) is 5.22. The van der Waals surface area contributed by atoms with Crippen LogP contribution in [0.25, 0.3) is 6.08 Å². The molecule has 0 amide bonds. The number of ether oxygens (including phenoxy) is 1. The van der Waals surface area contributed by atoms with E-state index in [0.717, 1.165) is 29.7 Å². The molecule has 0 radical (unpaired) electrons. The summed E-state index contributed by atoms with van der Waals surface area (Å²) in [5.41, 5.74) is 6.51. The average molecular weight is 405 g/mol. The van der Waals surface area contributed by atoms with Gasteiger partial charge in [0.1, 0.15) is 5.75 Å². The van der Waals surface area contributed by atoms with E-state index >= 15 is 0 Å². The van der Waals surface area contributed by atoms with E-state index < -0.39 is 5.97 Å². The second-order valence-electron chi connectivity index (χ2n) is 10.2. The molecule has 0 heterocycles. The Morgan fingerprint density at radius 3 is 2.23 bits per heavy atom. The van der Waals surface area contributed by atoms with Crippen LogP contribution in [0.1, 0.15) is 81.2 Å². The van der Waals surface area contributed by atoms with Gasteiger partial charge in [-0.05, 0) is 70.9 Å². The van der Waals surface area contributed by atoms with Gasteiger partial charge in [0.15, 0.2) is 0 Å². The molecule has 158 valence electrons. The minimum atomic E-state index is -0.939. The molecule has 2 aliphatic carbocycles. The van der Waals surface area contributed by atoms with Gasteiger partial charge in [-0.2, -0.15) is 0 Å². The predicted molar refractivity (Wildman–Crippen MR) is 121 cm³/mol. The molecule has 1 N–H and O–H groups in total. The summed E-state index contributed by atoms with van der Waals surface area (Å²) in [6.07, 6.45) is 7.39. The van der Waals surface area contributed by atoms with Gasteiger partial charge in [0.05, 0.1) is 7.11 Å². The number of carboxylic acids is 1. The Labute approximate surface area is 179 Å². The van der Waals surface area contributed by atoms with Crippen LogP contribution in [-0.4, -0.2) is 18.2 Å². The summed E-state index contributed by atoms with van der Waals surface area (Å²) in [6.45, 7) is 9.41. The van der Waals surface area contributed by atoms with Gasteiger partial charge in [-0.25, -0.2) is 4.79 Å². The zero-order chi connectivity index (χ0) is 21.7. The Hall–Kier alpha value is -2.55. The van der Waals surface area contributed by atoms with Crippen molar-refractivity contribution in [1.82, 2.24) is 0 Å². The molecule has 30 heavy (non-hydrogen) atoms. The van der Waals surface area contributed by atoms with E-state index in [1.54, 1.807) is 13.2 Å². The number of carboxylic acid groups (broad SMARTS) is 1. The van der Waals surface area contributed by atoms with Gasteiger partial charge >= 0.3 is 5.97 Å². The van der Waals surface area contributed by atoms with Gasteiger partial charge in [0.25, 0.3) is 0 Å². The van der Waals surface area contributed by atoms with Gasteiger partial charge < -0.3 is 9.84 Å². The summed E-state index contributed by atoms with van der Waals surface area (Å²) >= 11 is 0. The minimum absolute atomic E-state index is 0.114. The van der Waals surface area contributed by atoms with E-state index in [0.29, 0.717) is 0 Å². The van der Waals surface area contributed by atoms with E-state index in [9.17, 15) is 4.79 Å². The van der Waals surface area contributed by atoms with Crippen molar-refractivity contribution in [2.75, 3.05) is 7.11 Å². The molecule has 0 atom stereocenters. The third-order valence-electron chi connectivity index (χ3n) is 7.32. The van der Waals surface area contributed by atoms with Crippen LogP contribution < -0.4 is 4.74 Å². The van der Waals surface area contributed by atoms with E-state index in [2.05, 4.69) is 45.9 Å². The zero-order valence-corrected chi connectivity index (χ0v) is 18.7. The highest BCUT2D eigenvalue weighted by Crippen LogP contribution is 2.58. The Morgan fingerprint density at radius 2 is 1.63 bits per heavy atom. The van der Waals surface area contributed by atoms with Crippen molar-refractivity contribution in [3.63, 3.8) is 0 Å². The fourth-order valence-corrected chi connectivity index (χ4v) is 5.22. The predicted octanol–water partition coefficient (Wildman–Crippen LogP) is 6.22. The van der Waals surface area contributed by atoms with Crippen LogP contribution in [0, 0.1) is 0 Å². The monoisotopic (exact) mass is 404 g/mol. The third kappa shape index (κ3) is 3.34. The first-order chi connectivity index (χ1) is 14.1. The van der Waals surface area contributed by atoms with Gasteiger partial charge in [0, 0.05) is 17.1 Å². The summed E-state index contributed by atoms with van der Waals surface area (Å²) in [6, 6.07) is 13.0. The van der Waals surface area contributed by atoms with Crippen LogP contribution in [0.15, 0.2) is 42.5 Å². The SMILES string of the molecule is COc1cccc(/C=C/C(=O)O)c1C1(c2ccc3c(c2)C(C)(C)CCC3(C)C)CC1. The lowest BCUT2D eigenvalue weighted by Gasteiger charge is -2.42. The molecule has 0 aromatic heterocycles. The van der Waals surface area contributed by atoms with E-state index in [-0.39, 0.29) is 16.2 Å².